The van der Waals surface area contributed by atoms with Crippen molar-refractivity contribution < 1.29 is 23.1 Å². The standard InChI is InChI=1S/C17H15F2NO3/c1-11-2-4-12(5-3-11)8-17(22)23-10-16(21)20-13-6-7-14(18)15(19)9-13/h2-7,9H,8,10H2,1H3,(H,20,21). The molecule has 23 heavy (non-hydrogen) atoms. The molecule has 0 spiro atoms. The Kier molecular flexibility index (Phi) is 5.41. The van der Waals surface area contributed by atoms with Crippen molar-refractivity contribution in [3.63, 3.8) is 0 Å². The Hall–Kier alpha value is -2.76. The number of halogens is 2. The fourth-order valence-electron chi connectivity index (χ4n) is 1.84. The average molecular weight is 319 g/mol. The summed E-state index contributed by atoms with van der Waals surface area (Å²) < 4.78 is 30.6. The van der Waals surface area contributed by atoms with Gasteiger partial charge in [-0.05, 0) is 24.6 Å². The molecule has 120 valence electrons. The minimum Gasteiger partial charge on any atom is -0.455 e. The summed E-state index contributed by atoms with van der Waals surface area (Å²) in [6.07, 6.45) is 0.0543. The smallest absolute Gasteiger partial charge is 0.310 e. The molecule has 0 aliphatic carbocycles. The van der Waals surface area contributed by atoms with E-state index in [9.17, 15) is 18.4 Å². The second-order valence-corrected chi connectivity index (χ2v) is 5.00. The van der Waals surface area contributed by atoms with E-state index in [-0.39, 0.29) is 12.1 Å². The van der Waals surface area contributed by atoms with E-state index in [0.29, 0.717) is 0 Å². The van der Waals surface area contributed by atoms with Crippen LogP contribution in [0.25, 0.3) is 0 Å². The molecule has 0 heterocycles. The van der Waals surface area contributed by atoms with Gasteiger partial charge in [0.15, 0.2) is 18.2 Å². The van der Waals surface area contributed by atoms with Crippen LogP contribution in [0.15, 0.2) is 42.5 Å². The third-order valence-corrected chi connectivity index (χ3v) is 3.04. The molecule has 0 saturated heterocycles. The van der Waals surface area contributed by atoms with Gasteiger partial charge in [0, 0.05) is 11.8 Å². The highest BCUT2D eigenvalue weighted by molar-refractivity contribution is 5.92. The molecule has 1 amide bonds. The van der Waals surface area contributed by atoms with Crippen LogP contribution in [-0.2, 0) is 20.7 Å². The van der Waals surface area contributed by atoms with Gasteiger partial charge in [0.1, 0.15) is 0 Å². The third-order valence-electron chi connectivity index (χ3n) is 3.04. The number of ether oxygens (including phenoxy) is 1. The predicted octanol–water partition coefficient (Wildman–Crippen LogP) is 3.00. The Balaban J connectivity index is 1.80. The predicted molar refractivity (Wildman–Crippen MR) is 80.8 cm³/mol. The van der Waals surface area contributed by atoms with E-state index in [1.807, 2.05) is 19.1 Å². The van der Waals surface area contributed by atoms with Crippen molar-refractivity contribution in [1.82, 2.24) is 0 Å². The first-order valence-corrected chi connectivity index (χ1v) is 6.90. The number of esters is 1. The molecule has 0 radical (unpaired) electrons. The summed E-state index contributed by atoms with van der Waals surface area (Å²) in [6.45, 7) is 1.44. The zero-order valence-electron chi connectivity index (χ0n) is 12.4. The zero-order valence-corrected chi connectivity index (χ0v) is 12.4. The van der Waals surface area contributed by atoms with E-state index >= 15 is 0 Å². The number of aryl methyl sites for hydroxylation is 1. The maximum absolute atomic E-state index is 13.0. The Morgan fingerprint density at radius 1 is 1.04 bits per heavy atom. The van der Waals surface area contributed by atoms with Gasteiger partial charge >= 0.3 is 5.97 Å². The van der Waals surface area contributed by atoms with Crippen LogP contribution in [0.3, 0.4) is 0 Å². The molecule has 0 atom stereocenters. The van der Waals surface area contributed by atoms with Crippen LogP contribution in [0.5, 0.6) is 0 Å². The molecule has 0 fully saturated rings. The lowest BCUT2D eigenvalue weighted by Crippen LogP contribution is -2.21. The lowest BCUT2D eigenvalue weighted by atomic mass is 10.1. The first kappa shape index (κ1) is 16.6. The maximum Gasteiger partial charge on any atom is 0.310 e. The first-order chi connectivity index (χ1) is 10.9. The van der Waals surface area contributed by atoms with Crippen LogP contribution in [0.2, 0.25) is 0 Å². The van der Waals surface area contributed by atoms with Gasteiger partial charge in [-0.2, -0.15) is 0 Å². The van der Waals surface area contributed by atoms with Crippen LogP contribution in [0.1, 0.15) is 11.1 Å². The van der Waals surface area contributed by atoms with E-state index in [1.54, 1.807) is 12.1 Å². The number of anilines is 1. The van der Waals surface area contributed by atoms with Crippen LogP contribution < -0.4 is 5.32 Å². The van der Waals surface area contributed by atoms with Gasteiger partial charge in [0.2, 0.25) is 0 Å². The molecule has 0 aliphatic rings. The molecule has 4 nitrogen and oxygen atoms in total. The van der Waals surface area contributed by atoms with Gasteiger partial charge in [-0.15, -0.1) is 0 Å². The van der Waals surface area contributed by atoms with Crippen LogP contribution in [0.4, 0.5) is 14.5 Å². The van der Waals surface area contributed by atoms with Crippen molar-refractivity contribution in [2.75, 3.05) is 11.9 Å². The lowest BCUT2D eigenvalue weighted by Gasteiger charge is -2.07. The third kappa shape index (κ3) is 5.18. The normalized spacial score (nSPS) is 10.2. The highest BCUT2D eigenvalue weighted by atomic mass is 19.2. The first-order valence-electron chi connectivity index (χ1n) is 6.90. The fraction of sp³-hybridized carbons (Fsp3) is 0.176. The molecule has 0 aromatic heterocycles. The molecule has 6 heteroatoms. The molecule has 2 aromatic rings. The summed E-state index contributed by atoms with van der Waals surface area (Å²) in [5.74, 6) is -3.26. The summed E-state index contributed by atoms with van der Waals surface area (Å²) in [5, 5.41) is 2.31. The van der Waals surface area contributed by atoms with Gasteiger partial charge in [-0.3, -0.25) is 9.59 Å². The Bertz CT molecular complexity index is 714. The maximum atomic E-state index is 13.0. The number of amides is 1. The Morgan fingerprint density at radius 3 is 2.39 bits per heavy atom. The summed E-state index contributed by atoms with van der Waals surface area (Å²) >= 11 is 0. The van der Waals surface area contributed by atoms with E-state index in [1.165, 1.54) is 6.07 Å². The molecule has 0 aliphatic heterocycles. The molecule has 1 N–H and O–H groups in total. The van der Waals surface area contributed by atoms with Crippen molar-refractivity contribution in [1.29, 1.82) is 0 Å². The molecule has 0 bridgehead atoms. The minimum absolute atomic E-state index is 0.0543. The van der Waals surface area contributed by atoms with Gasteiger partial charge in [-0.25, -0.2) is 8.78 Å². The van der Waals surface area contributed by atoms with Crippen LogP contribution >= 0.6 is 0 Å². The highest BCUT2D eigenvalue weighted by Crippen LogP contribution is 2.13. The quantitative estimate of drug-likeness (QED) is 0.862. The number of hydrogen-bond acceptors (Lipinski definition) is 3. The zero-order chi connectivity index (χ0) is 16.8. The number of hydrogen-bond donors (Lipinski definition) is 1. The van der Waals surface area contributed by atoms with Crippen LogP contribution in [-0.4, -0.2) is 18.5 Å². The second kappa shape index (κ2) is 7.49. The van der Waals surface area contributed by atoms with Gasteiger partial charge < -0.3 is 10.1 Å². The van der Waals surface area contributed by atoms with Crippen molar-refractivity contribution in [3.8, 4) is 0 Å². The monoisotopic (exact) mass is 319 g/mol. The fourth-order valence-corrected chi connectivity index (χ4v) is 1.84. The van der Waals surface area contributed by atoms with E-state index in [0.717, 1.165) is 23.3 Å². The molecular formula is C17H15F2NO3. The molecule has 0 saturated carbocycles. The Labute approximate surface area is 132 Å². The minimum atomic E-state index is -1.07. The van der Waals surface area contributed by atoms with Gasteiger partial charge in [0.05, 0.1) is 6.42 Å². The van der Waals surface area contributed by atoms with Gasteiger partial charge in [0.25, 0.3) is 5.91 Å². The highest BCUT2D eigenvalue weighted by Gasteiger charge is 2.10. The van der Waals surface area contributed by atoms with E-state index < -0.39 is 30.1 Å². The van der Waals surface area contributed by atoms with Crippen molar-refractivity contribution >= 4 is 17.6 Å². The SMILES string of the molecule is Cc1ccc(CC(=O)OCC(=O)Nc2ccc(F)c(F)c2)cc1. The van der Waals surface area contributed by atoms with E-state index in [4.69, 9.17) is 4.74 Å². The Morgan fingerprint density at radius 2 is 1.74 bits per heavy atom. The topological polar surface area (TPSA) is 55.4 Å². The average Bonchev–Trinajstić information content (AvgIpc) is 2.51. The van der Waals surface area contributed by atoms with Crippen LogP contribution in [0, 0.1) is 18.6 Å². The number of carbonyl (C=O) groups is 2. The summed E-state index contributed by atoms with van der Waals surface area (Å²) in [6, 6.07) is 10.3. The molecule has 2 aromatic carbocycles. The summed E-state index contributed by atoms with van der Waals surface area (Å²) in [7, 11) is 0. The largest absolute Gasteiger partial charge is 0.455 e. The van der Waals surface area contributed by atoms with Crippen molar-refractivity contribution in [2.45, 2.75) is 13.3 Å². The number of rotatable bonds is 5. The molecular weight excluding hydrogens is 304 g/mol. The second-order valence-electron chi connectivity index (χ2n) is 5.00. The summed E-state index contributed by atoms with van der Waals surface area (Å²) in [4.78, 5) is 23.2. The number of nitrogens with one attached hydrogen (secondary N) is 1. The van der Waals surface area contributed by atoms with E-state index in [2.05, 4.69) is 5.32 Å². The summed E-state index contributed by atoms with van der Waals surface area (Å²) in [5.41, 5.74) is 1.94. The molecule has 0 unspecified atom stereocenters. The van der Waals surface area contributed by atoms with Crippen molar-refractivity contribution in [2.24, 2.45) is 0 Å². The van der Waals surface area contributed by atoms with Crippen molar-refractivity contribution in [3.05, 3.63) is 65.2 Å². The number of benzene rings is 2. The number of carbonyl (C=O) groups excluding carboxylic acids is 2. The lowest BCUT2D eigenvalue weighted by molar-refractivity contribution is -0.146. The van der Waals surface area contributed by atoms with Gasteiger partial charge in [-0.1, -0.05) is 29.8 Å². The molecule has 2 rings (SSSR count).